The van der Waals surface area contributed by atoms with Crippen LogP contribution in [0.25, 0.3) is 88.8 Å². The zero-order valence-corrected chi connectivity index (χ0v) is 27.1. The first-order valence-corrected chi connectivity index (χ1v) is 16.9. The van der Waals surface area contributed by atoms with Crippen molar-refractivity contribution in [2.45, 2.75) is 0 Å². The van der Waals surface area contributed by atoms with Crippen molar-refractivity contribution < 1.29 is 0 Å². The molecule has 0 fully saturated rings. The lowest BCUT2D eigenvalue weighted by molar-refractivity contribution is 0.992. The summed E-state index contributed by atoms with van der Waals surface area (Å²) in [7, 11) is 0. The molecule has 0 aliphatic rings. The molecule has 0 saturated heterocycles. The normalized spacial score (nSPS) is 11.6. The van der Waals surface area contributed by atoms with Crippen molar-refractivity contribution in [3.63, 3.8) is 0 Å². The van der Waals surface area contributed by atoms with E-state index in [2.05, 4.69) is 179 Å². The van der Waals surface area contributed by atoms with Crippen LogP contribution >= 0.6 is 0 Å². The Kier molecular flexibility index (Phi) is 6.46. The van der Waals surface area contributed by atoms with E-state index in [1.165, 1.54) is 43.9 Å². The standard InChI is InChI=1S/C46H30N4/c1-2-12-31(13-3-1)32-14-10-15-33(28-32)34-16-11-17-35(29-34)41-26-27-47-46(48-41)50-44-23-9-6-20-39(44)40-30-36(24-25-45(40)50)49-42-21-7-4-18-37(42)38-19-5-8-22-43(38)49/h1-30H. The molecule has 3 heterocycles. The van der Waals surface area contributed by atoms with Crippen molar-refractivity contribution in [2.24, 2.45) is 0 Å². The molecule has 0 atom stereocenters. The Morgan fingerprint density at radius 2 is 0.840 bits per heavy atom. The van der Waals surface area contributed by atoms with E-state index in [0.29, 0.717) is 5.95 Å². The van der Waals surface area contributed by atoms with Gasteiger partial charge in [0, 0.05) is 39.0 Å². The van der Waals surface area contributed by atoms with Crippen LogP contribution in [-0.2, 0) is 0 Å². The molecule has 0 N–H and O–H groups in total. The molecule has 4 heteroatoms. The molecule has 0 saturated carbocycles. The maximum atomic E-state index is 5.19. The summed E-state index contributed by atoms with van der Waals surface area (Å²) in [6.07, 6.45) is 1.87. The Hall–Kier alpha value is -6.78. The SMILES string of the molecule is c1ccc(-c2cccc(-c3cccc(-c4ccnc(-n5c6ccccc6c6cc(-n7c8ccccc8c8ccccc87)ccc65)n4)c3)c2)cc1. The quantitative estimate of drug-likeness (QED) is 0.188. The highest BCUT2D eigenvalue weighted by Gasteiger charge is 2.18. The van der Waals surface area contributed by atoms with Gasteiger partial charge < -0.3 is 4.57 Å². The largest absolute Gasteiger partial charge is 0.309 e. The first kappa shape index (κ1) is 28.3. The van der Waals surface area contributed by atoms with E-state index >= 15 is 0 Å². The van der Waals surface area contributed by atoms with E-state index in [1.807, 2.05) is 12.3 Å². The third-order valence-electron chi connectivity index (χ3n) is 9.80. The molecule has 0 aliphatic carbocycles. The fourth-order valence-electron chi connectivity index (χ4n) is 7.50. The van der Waals surface area contributed by atoms with Gasteiger partial charge in [0.05, 0.1) is 27.8 Å². The highest BCUT2D eigenvalue weighted by molar-refractivity contribution is 6.12. The predicted octanol–water partition coefficient (Wildman–Crippen LogP) is 11.7. The molecule has 3 aromatic heterocycles. The van der Waals surface area contributed by atoms with Crippen LogP contribution in [0.2, 0.25) is 0 Å². The first-order chi connectivity index (χ1) is 24.8. The molecule has 10 aromatic rings. The highest BCUT2D eigenvalue weighted by Crippen LogP contribution is 2.37. The number of hydrogen-bond acceptors (Lipinski definition) is 2. The van der Waals surface area contributed by atoms with Gasteiger partial charge >= 0.3 is 0 Å². The summed E-state index contributed by atoms with van der Waals surface area (Å²) < 4.78 is 4.56. The summed E-state index contributed by atoms with van der Waals surface area (Å²) in [6.45, 7) is 0. The van der Waals surface area contributed by atoms with E-state index in [4.69, 9.17) is 9.97 Å². The van der Waals surface area contributed by atoms with Crippen molar-refractivity contribution >= 4 is 43.6 Å². The lowest BCUT2D eigenvalue weighted by Crippen LogP contribution is -2.02. The van der Waals surface area contributed by atoms with Gasteiger partial charge in [-0.1, -0.05) is 121 Å². The van der Waals surface area contributed by atoms with Crippen LogP contribution in [0.1, 0.15) is 0 Å². The van der Waals surface area contributed by atoms with Gasteiger partial charge in [-0.25, -0.2) is 9.97 Å². The number of hydrogen-bond donors (Lipinski definition) is 0. The molecule has 50 heavy (non-hydrogen) atoms. The van der Waals surface area contributed by atoms with Crippen molar-refractivity contribution in [2.75, 3.05) is 0 Å². The zero-order chi connectivity index (χ0) is 33.0. The fourth-order valence-corrected chi connectivity index (χ4v) is 7.50. The second kappa shape index (κ2) is 11.4. The summed E-state index contributed by atoms with van der Waals surface area (Å²) in [4.78, 5) is 10.0. The van der Waals surface area contributed by atoms with Gasteiger partial charge in [-0.15, -0.1) is 0 Å². The monoisotopic (exact) mass is 638 g/mol. The minimum atomic E-state index is 0.648. The Balaban J connectivity index is 1.09. The summed E-state index contributed by atoms with van der Waals surface area (Å²) in [6, 6.07) is 62.4. The molecule has 0 aliphatic heterocycles. The molecule has 0 amide bonds. The third-order valence-corrected chi connectivity index (χ3v) is 9.80. The number of nitrogens with zero attached hydrogens (tertiary/aromatic N) is 4. The van der Waals surface area contributed by atoms with Crippen LogP contribution in [0, 0.1) is 0 Å². The summed E-state index contributed by atoms with van der Waals surface area (Å²) >= 11 is 0. The average molecular weight is 639 g/mol. The topological polar surface area (TPSA) is 35.6 Å². The maximum absolute atomic E-state index is 5.19. The second-order valence-electron chi connectivity index (χ2n) is 12.7. The maximum Gasteiger partial charge on any atom is 0.235 e. The Labute approximate surface area is 289 Å². The number of fused-ring (bicyclic) bond motifs is 6. The Morgan fingerprint density at radius 1 is 0.340 bits per heavy atom. The number of rotatable bonds is 5. The lowest BCUT2D eigenvalue weighted by Gasteiger charge is -2.11. The molecule has 7 aromatic carbocycles. The summed E-state index contributed by atoms with van der Waals surface area (Å²) in [5.41, 5.74) is 12.3. The third kappa shape index (κ3) is 4.54. The van der Waals surface area contributed by atoms with E-state index in [0.717, 1.165) is 38.9 Å². The number of benzene rings is 7. The first-order valence-electron chi connectivity index (χ1n) is 16.9. The van der Waals surface area contributed by atoms with Crippen LogP contribution in [-0.4, -0.2) is 19.1 Å². The Morgan fingerprint density at radius 3 is 1.52 bits per heavy atom. The van der Waals surface area contributed by atoms with Crippen LogP contribution < -0.4 is 0 Å². The zero-order valence-electron chi connectivity index (χ0n) is 27.1. The molecule has 4 nitrogen and oxygen atoms in total. The minimum Gasteiger partial charge on any atom is -0.309 e. The van der Waals surface area contributed by atoms with Gasteiger partial charge in [0.15, 0.2) is 0 Å². The van der Waals surface area contributed by atoms with E-state index < -0.39 is 0 Å². The predicted molar refractivity (Wildman–Crippen MR) is 207 cm³/mol. The lowest BCUT2D eigenvalue weighted by atomic mass is 9.97. The van der Waals surface area contributed by atoms with Crippen molar-refractivity contribution in [3.8, 4) is 45.1 Å². The number of para-hydroxylation sites is 3. The smallest absolute Gasteiger partial charge is 0.235 e. The summed E-state index contributed by atoms with van der Waals surface area (Å²) in [5, 5.41) is 4.83. The average Bonchev–Trinajstić information content (AvgIpc) is 3.71. The highest BCUT2D eigenvalue weighted by atomic mass is 15.2. The van der Waals surface area contributed by atoms with E-state index in [-0.39, 0.29) is 0 Å². The van der Waals surface area contributed by atoms with E-state index in [9.17, 15) is 0 Å². The van der Waals surface area contributed by atoms with Gasteiger partial charge in [-0.3, -0.25) is 4.57 Å². The second-order valence-corrected chi connectivity index (χ2v) is 12.7. The van der Waals surface area contributed by atoms with Crippen LogP contribution in [0.4, 0.5) is 0 Å². The van der Waals surface area contributed by atoms with Crippen molar-refractivity contribution in [1.82, 2.24) is 19.1 Å². The van der Waals surface area contributed by atoms with Crippen LogP contribution in [0.15, 0.2) is 182 Å². The van der Waals surface area contributed by atoms with Gasteiger partial charge in [0.1, 0.15) is 0 Å². The molecule has 0 radical (unpaired) electrons. The fraction of sp³-hybridized carbons (Fsp3) is 0. The van der Waals surface area contributed by atoms with Gasteiger partial charge in [0.25, 0.3) is 0 Å². The van der Waals surface area contributed by atoms with Gasteiger partial charge in [0.2, 0.25) is 5.95 Å². The van der Waals surface area contributed by atoms with Crippen molar-refractivity contribution in [3.05, 3.63) is 182 Å². The van der Waals surface area contributed by atoms with Gasteiger partial charge in [-0.2, -0.15) is 0 Å². The van der Waals surface area contributed by atoms with E-state index in [1.54, 1.807) is 0 Å². The number of aromatic nitrogens is 4. The summed E-state index contributed by atoms with van der Waals surface area (Å²) in [5.74, 6) is 0.648. The van der Waals surface area contributed by atoms with Crippen molar-refractivity contribution in [1.29, 1.82) is 0 Å². The molecular formula is C46H30N4. The molecule has 234 valence electrons. The molecule has 0 unspecified atom stereocenters. The van der Waals surface area contributed by atoms with Crippen LogP contribution in [0.5, 0.6) is 0 Å². The molecular weight excluding hydrogens is 609 g/mol. The van der Waals surface area contributed by atoms with Crippen LogP contribution in [0.3, 0.4) is 0 Å². The molecule has 0 bridgehead atoms. The minimum absolute atomic E-state index is 0.648. The molecule has 0 spiro atoms. The van der Waals surface area contributed by atoms with Gasteiger partial charge in [-0.05, 0) is 76.9 Å². The Bertz CT molecular complexity index is 2820. The molecule has 10 rings (SSSR count).